The fraction of sp³-hybridized carbons (Fsp3) is 0.188. The molecule has 92 valence electrons. The number of carbonyl (C=O) groups is 1. The summed E-state index contributed by atoms with van der Waals surface area (Å²) < 4.78 is 4.96. The van der Waals surface area contributed by atoms with E-state index in [4.69, 9.17) is 4.74 Å². The lowest BCUT2D eigenvalue weighted by atomic mass is 10.1. The zero-order valence-corrected chi connectivity index (χ0v) is 10.6. The van der Waals surface area contributed by atoms with Crippen molar-refractivity contribution in [1.29, 1.82) is 0 Å². The van der Waals surface area contributed by atoms with Gasteiger partial charge in [-0.3, -0.25) is 0 Å². The summed E-state index contributed by atoms with van der Waals surface area (Å²) in [7, 11) is 0. The van der Waals surface area contributed by atoms with Gasteiger partial charge in [0.2, 0.25) is 0 Å². The van der Waals surface area contributed by atoms with Crippen molar-refractivity contribution in [2.24, 2.45) is 0 Å². The van der Waals surface area contributed by atoms with Crippen LogP contribution in [-0.4, -0.2) is 12.6 Å². The standard InChI is InChI=1S/C16H16O2/c1-3-18-16(17)12(2)10-13-8-9-14-6-4-5-7-15(14)11-13/h4-11H,3H2,1-2H3. The maximum Gasteiger partial charge on any atom is 0.333 e. The molecule has 0 unspecified atom stereocenters. The summed E-state index contributed by atoms with van der Waals surface area (Å²) in [6.45, 7) is 3.98. The summed E-state index contributed by atoms with van der Waals surface area (Å²) in [6, 6.07) is 14.3. The van der Waals surface area contributed by atoms with Crippen molar-refractivity contribution in [3.8, 4) is 0 Å². The van der Waals surface area contributed by atoms with Gasteiger partial charge in [0, 0.05) is 5.57 Å². The Morgan fingerprint density at radius 1 is 1.17 bits per heavy atom. The molecule has 0 amide bonds. The summed E-state index contributed by atoms with van der Waals surface area (Å²) in [6.07, 6.45) is 1.85. The maximum atomic E-state index is 11.5. The highest BCUT2D eigenvalue weighted by atomic mass is 16.5. The first-order chi connectivity index (χ1) is 8.70. The number of fused-ring (bicyclic) bond motifs is 1. The molecule has 2 rings (SSSR count). The van der Waals surface area contributed by atoms with Crippen molar-refractivity contribution in [3.05, 3.63) is 53.6 Å². The third kappa shape index (κ3) is 2.77. The molecule has 0 atom stereocenters. The van der Waals surface area contributed by atoms with Gasteiger partial charge >= 0.3 is 5.97 Å². The molecule has 0 aromatic heterocycles. The van der Waals surface area contributed by atoms with Crippen LogP contribution in [0.2, 0.25) is 0 Å². The topological polar surface area (TPSA) is 26.3 Å². The first kappa shape index (κ1) is 12.4. The van der Waals surface area contributed by atoms with Crippen molar-refractivity contribution in [2.75, 3.05) is 6.61 Å². The van der Waals surface area contributed by atoms with Crippen LogP contribution in [0.3, 0.4) is 0 Å². The van der Waals surface area contributed by atoms with Gasteiger partial charge in [0.25, 0.3) is 0 Å². The molecule has 0 heterocycles. The van der Waals surface area contributed by atoms with Gasteiger partial charge in [-0.1, -0.05) is 36.4 Å². The molecule has 0 aliphatic heterocycles. The highest BCUT2D eigenvalue weighted by Crippen LogP contribution is 2.17. The van der Waals surface area contributed by atoms with Crippen molar-refractivity contribution in [2.45, 2.75) is 13.8 Å². The van der Waals surface area contributed by atoms with E-state index in [9.17, 15) is 4.79 Å². The number of rotatable bonds is 3. The van der Waals surface area contributed by atoms with Gasteiger partial charge in [-0.2, -0.15) is 0 Å². The predicted molar refractivity (Wildman–Crippen MR) is 74.2 cm³/mol. The Bertz CT molecular complexity index is 597. The van der Waals surface area contributed by atoms with E-state index in [0.717, 1.165) is 5.56 Å². The van der Waals surface area contributed by atoms with Crippen LogP contribution < -0.4 is 0 Å². The number of esters is 1. The summed E-state index contributed by atoms with van der Waals surface area (Å²) in [4.78, 5) is 11.5. The lowest BCUT2D eigenvalue weighted by Gasteiger charge is -2.03. The third-order valence-electron chi connectivity index (χ3n) is 2.75. The Kier molecular flexibility index (Phi) is 3.78. The number of ether oxygens (including phenoxy) is 1. The molecule has 2 heteroatoms. The Hall–Kier alpha value is -2.09. The smallest absolute Gasteiger partial charge is 0.333 e. The first-order valence-electron chi connectivity index (χ1n) is 6.05. The molecule has 0 spiro atoms. The van der Waals surface area contributed by atoms with E-state index in [1.54, 1.807) is 13.8 Å². The van der Waals surface area contributed by atoms with Crippen molar-refractivity contribution in [3.63, 3.8) is 0 Å². The van der Waals surface area contributed by atoms with Gasteiger partial charge in [0.15, 0.2) is 0 Å². The number of hydrogen-bond acceptors (Lipinski definition) is 2. The second-order valence-electron chi connectivity index (χ2n) is 4.15. The third-order valence-corrected chi connectivity index (χ3v) is 2.75. The SMILES string of the molecule is CCOC(=O)C(C)=Cc1ccc2ccccc2c1. The van der Waals surface area contributed by atoms with E-state index in [2.05, 4.69) is 24.3 Å². The van der Waals surface area contributed by atoms with Crippen LogP contribution in [0.25, 0.3) is 16.8 Å². The van der Waals surface area contributed by atoms with Gasteiger partial charge in [0.1, 0.15) is 0 Å². The lowest BCUT2D eigenvalue weighted by molar-refractivity contribution is -0.138. The zero-order valence-electron chi connectivity index (χ0n) is 10.6. The van der Waals surface area contributed by atoms with E-state index < -0.39 is 0 Å². The zero-order chi connectivity index (χ0) is 13.0. The Labute approximate surface area is 107 Å². The maximum absolute atomic E-state index is 11.5. The molecule has 0 fully saturated rings. The molecule has 2 aromatic rings. The van der Waals surface area contributed by atoms with Gasteiger partial charge in [0.05, 0.1) is 6.61 Å². The minimum Gasteiger partial charge on any atom is -0.463 e. The largest absolute Gasteiger partial charge is 0.463 e. The van der Waals surface area contributed by atoms with Gasteiger partial charge < -0.3 is 4.74 Å². The normalized spacial score (nSPS) is 11.6. The van der Waals surface area contributed by atoms with E-state index >= 15 is 0 Å². The van der Waals surface area contributed by atoms with Crippen LogP contribution in [-0.2, 0) is 9.53 Å². The highest BCUT2D eigenvalue weighted by molar-refractivity contribution is 5.94. The van der Waals surface area contributed by atoms with E-state index in [0.29, 0.717) is 12.2 Å². The minimum absolute atomic E-state index is 0.259. The Morgan fingerprint density at radius 3 is 2.61 bits per heavy atom. The van der Waals surface area contributed by atoms with Crippen LogP contribution >= 0.6 is 0 Å². The average Bonchev–Trinajstić information content (AvgIpc) is 2.39. The summed E-state index contributed by atoms with van der Waals surface area (Å²) >= 11 is 0. The number of benzene rings is 2. The van der Waals surface area contributed by atoms with E-state index in [1.807, 2.05) is 24.3 Å². The molecule has 2 nitrogen and oxygen atoms in total. The van der Waals surface area contributed by atoms with E-state index in [1.165, 1.54) is 10.8 Å². The molecular weight excluding hydrogens is 224 g/mol. The fourth-order valence-corrected chi connectivity index (χ4v) is 1.85. The van der Waals surface area contributed by atoms with Crippen LogP contribution in [0.5, 0.6) is 0 Å². The summed E-state index contributed by atoms with van der Waals surface area (Å²) in [5.41, 5.74) is 1.63. The molecule has 0 aliphatic carbocycles. The molecule has 0 N–H and O–H groups in total. The lowest BCUT2D eigenvalue weighted by Crippen LogP contribution is -2.04. The number of carbonyl (C=O) groups excluding carboxylic acids is 1. The average molecular weight is 240 g/mol. The molecule has 0 saturated heterocycles. The van der Waals surface area contributed by atoms with Crippen LogP contribution in [0, 0.1) is 0 Å². The molecule has 0 aliphatic rings. The fourth-order valence-electron chi connectivity index (χ4n) is 1.85. The second-order valence-corrected chi connectivity index (χ2v) is 4.15. The van der Waals surface area contributed by atoms with E-state index in [-0.39, 0.29) is 5.97 Å². The van der Waals surface area contributed by atoms with Crippen LogP contribution in [0.15, 0.2) is 48.0 Å². The predicted octanol–water partition coefficient (Wildman–Crippen LogP) is 3.81. The second kappa shape index (κ2) is 5.50. The molecular formula is C16H16O2. The number of hydrogen-bond donors (Lipinski definition) is 0. The van der Waals surface area contributed by atoms with Gasteiger partial charge in [-0.15, -0.1) is 0 Å². The van der Waals surface area contributed by atoms with Gasteiger partial charge in [-0.25, -0.2) is 4.79 Å². The Morgan fingerprint density at radius 2 is 1.89 bits per heavy atom. The molecule has 0 bridgehead atoms. The van der Waals surface area contributed by atoms with Crippen LogP contribution in [0.1, 0.15) is 19.4 Å². The summed E-state index contributed by atoms with van der Waals surface area (Å²) in [5.74, 6) is -0.259. The highest BCUT2D eigenvalue weighted by Gasteiger charge is 2.04. The van der Waals surface area contributed by atoms with Gasteiger partial charge in [-0.05, 0) is 42.3 Å². The minimum atomic E-state index is -0.259. The molecule has 0 radical (unpaired) electrons. The monoisotopic (exact) mass is 240 g/mol. The molecule has 2 aromatic carbocycles. The molecule has 18 heavy (non-hydrogen) atoms. The van der Waals surface area contributed by atoms with Crippen LogP contribution in [0.4, 0.5) is 0 Å². The quantitative estimate of drug-likeness (QED) is 0.602. The van der Waals surface area contributed by atoms with Crippen molar-refractivity contribution in [1.82, 2.24) is 0 Å². The molecule has 0 saturated carbocycles. The Balaban J connectivity index is 2.31. The first-order valence-corrected chi connectivity index (χ1v) is 6.05. The van der Waals surface area contributed by atoms with Crippen molar-refractivity contribution < 1.29 is 9.53 Å². The summed E-state index contributed by atoms with van der Waals surface area (Å²) in [5, 5.41) is 2.37. The van der Waals surface area contributed by atoms with Crippen molar-refractivity contribution >= 4 is 22.8 Å².